The lowest BCUT2D eigenvalue weighted by Crippen LogP contribution is -2.20. The minimum Gasteiger partial charge on any atom is -0.473 e. The van der Waals surface area contributed by atoms with Gasteiger partial charge in [0.2, 0.25) is 5.88 Å². The quantitative estimate of drug-likeness (QED) is 0.940. The number of pyridine rings is 2. The largest absolute Gasteiger partial charge is 0.473 e. The van der Waals surface area contributed by atoms with Gasteiger partial charge in [-0.15, -0.1) is 0 Å². The second-order valence-electron chi connectivity index (χ2n) is 5.08. The summed E-state index contributed by atoms with van der Waals surface area (Å²) in [7, 11) is 0. The molecule has 1 amide bonds. The lowest BCUT2D eigenvalue weighted by molar-refractivity contribution is 0.101. The summed E-state index contributed by atoms with van der Waals surface area (Å²) in [5.74, 6) is 2.72. The molecule has 1 saturated heterocycles. The fourth-order valence-electron chi connectivity index (χ4n) is 2.21. The first-order valence-electron chi connectivity index (χ1n) is 7.16. The highest BCUT2D eigenvalue weighted by molar-refractivity contribution is 7.99. The molecule has 1 fully saturated rings. The van der Waals surface area contributed by atoms with Gasteiger partial charge in [-0.1, -0.05) is 6.07 Å². The number of aryl methyl sites for hydroxylation is 1. The van der Waals surface area contributed by atoms with E-state index in [0.29, 0.717) is 17.3 Å². The number of carbonyl (C=O) groups excluding carboxylic acids is 1. The Hall–Kier alpha value is -2.08. The van der Waals surface area contributed by atoms with Gasteiger partial charge >= 0.3 is 0 Å². The molecule has 1 atom stereocenters. The molecule has 0 radical (unpaired) electrons. The van der Waals surface area contributed by atoms with Gasteiger partial charge in [0.1, 0.15) is 17.5 Å². The number of carbonyl (C=O) groups is 1. The van der Waals surface area contributed by atoms with Crippen molar-refractivity contribution in [3.63, 3.8) is 0 Å². The zero-order chi connectivity index (χ0) is 15.4. The highest BCUT2D eigenvalue weighted by Crippen LogP contribution is 2.24. The molecule has 3 heterocycles. The number of ether oxygens (including phenoxy) is 1. The molecule has 22 heavy (non-hydrogen) atoms. The molecule has 0 aliphatic carbocycles. The number of hydrogen-bond acceptors (Lipinski definition) is 5. The highest BCUT2D eigenvalue weighted by Gasteiger charge is 2.21. The van der Waals surface area contributed by atoms with Gasteiger partial charge < -0.3 is 10.1 Å². The first-order valence-corrected chi connectivity index (χ1v) is 8.32. The van der Waals surface area contributed by atoms with Crippen LogP contribution in [0.15, 0.2) is 36.7 Å². The first-order chi connectivity index (χ1) is 10.7. The van der Waals surface area contributed by atoms with Crippen molar-refractivity contribution >= 4 is 23.5 Å². The predicted octanol–water partition coefficient (Wildman–Crippen LogP) is 2.92. The van der Waals surface area contributed by atoms with Gasteiger partial charge in [-0.25, -0.2) is 9.97 Å². The van der Waals surface area contributed by atoms with Gasteiger partial charge in [-0.3, -0.25) is 4.79 Å². The van der Waals surface area contributed by atoms with Gasteiger partial charge in [0.15, 0.2) is 0 Å². The van der Waals surface area contributed by atoms with E-state index in [0.717, 1.165) is 23.5 Å². The molecule has 0 aromatic carbocycles. The molecular weight excluding hydrogens is 298 g/mol. The summed E-state index contributed by atoms with van der Waals surface area (Å²) >= 11 is 1.86. The van der Waals surface area contributed by atoms with Crippen LogP contribution in [-0.2, 0) is 0 Å². The predicted molar refractivity (Wildman–Crippen MR) is 87.5 cm³/mol. The van der Waals surface area contributed by atoms with Crippen LogP contribution in [0, 0.1) is 6.92 Å². The number of aromatic nitrogens is 2. The number of rotatable bonds is 4. The van der Waals surface area contributed by atoms with E-state index in [4.69, 9.17) is 4.74 Å². The third kappa shape index (κ3) is 3.39. The Balaban J connectivity index is 1.78. The van der Waals surface area contributed by atoms with Crippen molar-refractivity contribution in [3.05, 3.63) is 47.8 Å². The number of hydrogen-bond donors (Lipinski definition) is 1. The minimum absolute atomic E-state index is 0.128. The van der Waals surface area contributed by atoms with E-state index in [-0.39, 0.29) is 12.0 Å². The molecule has 114 valence electrons. The monoisotopic (exact) mass is 315 g/mol. The van der Waals surface area contributed by atoms with Gasteiger partial charge in [0, 0.05) is 18.1 Å². The van der Waals surface area contributed by atoms with Crippen molar-refractivity contribution in [1.29, 1.82) is 0 Å². The molecule has 1 aliphatic heterocycles. The molecule has 0 bridgehead atoms. The molecule has 1 aliphatic rings. The van der Waals surface area contributed by atoms with Crippen LogP contribution in [0.5, 0.6) is 5.88 Å². The van der Waals surface area contributed by atoms with Gasteiger partial charge in [0.25, 0.3) is 5.91 Å². The van der Waals surface area contributed by atoms with Crippen molar-refractivity contribution < 1.29 is 9.53 Å². The maximum absolute atomic E-state index is 12.5. The minimum atomic E-state index is -0.254. The highest BCUT2D eigenvalue weighted by atomic mass is 32.2. The maximum Gasteiger partial charge on any atom is 0.262 e. The van der Waals surface area contributed by atoms with E-state index >= 15 is 0 Å². The maximum atomic E-state index is 12.5. The zero-order valence-electron chi connectivity index (χ0n) is 12.3. The summed E-state index contributed by atoms with van der Waals surface area (Å²) in [6, 6.07) is 7.19. The summed E-state index contributed by atoms with van der Waals surface area (Å²) < 4.78 is 5.88. The third-order valence-corrected chi connectivity index (χ3v) is 4.56. The average molecular weight is 315 g/mol. The summed E-state index contributed by atoms with van der Waals surface area (Å²) in [6.45, 7) is 1.90. The van der Waals surface area contributed by atoms with Crippen LogP contribution in [0.2, 0.25) is 0 Å². The van der Waals surface area contributed by atoms with Crippen LogP contribution in [-0.4, -0.2) is 33.5 Å². The first kappa shape index (κ1) is 14.8. The number of thioether (sulfide) groups is 1. The molecule has 1 unspecified atom stereocenters. The molecule has 0 spiro atoms. The van der Waals surface area contributed by atoms with E-state index in [9.17, 15) is 4.79 Å². The molecule has 2 aromatic rings. The van der Waals surface area contributed by atoms with Crippen LogP contribution in [0.4, 0.5) is 5.82 Å². The normalized spacial score (nSPS) is 17.2. The lowest BCUT2D eigenvalue weighted by Gasteiger charge is -2.14. The van der Waals surface area contributed by atoms with Crippen molar-refractivity contribution in [1.82, 2.24) is 9.97 Å². The Labute approximate surface area is 133 Å². The van der Waals surface area contributed by atoms with Crippen molar-refractivity contribution in [2.45, 2.75) is 19.4 Å². The van der Waals surface area contributed by atoms with Crippen LogP contribution in [0.3, 0.4) is 0 Å². The summed E-state index contributed by atoms with van der Waals surface area (Å²) in [4.78, 5) is 20.9. The summed E-state index contributed by atoms with van der Waals surface area (Å²) in [5, 5.41) is 2.82. The Morgan fingerprint density at radius 2 is 2.14 bits per heavy atom. The molecule has 2 aromatic heterocycles. The molecular formula is C16H17N3O2S. The number of nitrogens with zero attached hydrogens (tertiary/aromatic N) is 2. The lowest BCUT2D eigenvalue weighted by atomic mass is 10.2. The van der Waals surface area contributed by atoms with Crippen molar-refractivity contribution in [2.75, 3.05) is 16.8 Å². The van der Waals surface area contributed by atoms with Crippen LogP contribution < -0.4 is 10.1 Å². The summed E-state index contributed by atoms with van der Waals surface area (Å²) in [6.07, 6.45) is 4.41. The Bertz CT molecular complexity index is 672. The standard InChI is InChI=1S/C16H17N3O2S/c1-11-4-2-7-17-14(11)19-15(20)13-5-3-8-18-16(13)21-12-6-9-22-10-12/h2-5,7-8,12H,6,9-10H2,1H3,(H,17,19,20). The zero-order valence-corrected chi connectivity index (χ0v) is 13.1. The summed E-state index contributed by atoms with van der Waals surface area (Å²) in [5.41, 5.74) is 1.35. The van der Waals surface area contributed by atoms with Crippen LogP contribution >= 0.6 is 11.8 Å². The Morgan fingerprint density at radius 3 is 2.91 bits per heavy atom. The molecule has 3 rings (SSSR count). The molecule has 6 heteroatoms. The molecule has 0 saturated carbocycles. The van der Waals surface area contributed by atoms with Crippen molar-refractivity contribution in [2.24, 2.45) is 0 Å². The number of nitrogens with one attached hydrogen (secondary N) is 1. The topological polar surface area (TPSA) is 64.1 Å². The number of amides is 1. The Kier molecular flexibility index (Phi) is 4.58. The van der Waals surface area contributed by atoms with Crippen LogP contribution in [0.1, 0.15) is 22.3 Å². The Morgan fingerprint density at radius 1 is 1.32 bits per heavy atom. The van der Waals surface area contributed by atoms with E-state index in [1.807, 2.05) is 30.8 Å². The van der Waals surface area contributed by atoms with E-state index in [2.05, 4.69) is 15.3 Å². The van der Waals surface area contributed by atoms with E-state index in [1.165, 1.54) is 0 Å². The molecule has 5 nitrogen and oxygen atoms in total. The SMILES string of the molecule is Cc1cccnc1NC(=O)c1cccnc1OC1CCSC1. The van der Waals surface area contributed by atoms with E-state index in [1.54, 1.807) is 24.5 Å². The molecule has 1 N–H and O–H groups in total. The van der Waals surface area contributed by atoms with E-state index < -0.39 is 0 Å². The van der Waals surface area contributed by atoms with Gasteiger partial charge in [-0.05, 0) is 42.9 Å². The third-order valence-electron chi connectivity index (χ3n) is 3.42. The second-order valence-corrected chi connectivity index (χ2v) is 6.23. The van der Waals surface area contributed by atoms with Gasteiger partial charge in [0.05, 0.1) is 0 Å². The smallest absolute Gasteiger partial charge is 0.262 e. The number of anilines is 1. The van der Waals surface area contributed by atoms with Crippen molar-refractivity contribution in [3.8, 4) is 5.88 Å². The average Bonchev–Trinajstić information content (AvgIpc) is 3.03. The van der Waals surface area contributed by atoms with Gasteiger partial charge in [-0.2, -0.15) is 11.8 Å². The fourth-order valence-corrected chi connectivity index (χ4v) is 3.31. The van der Waals surface area contributed by atoms with Crippen LogP contribution in [0.25, 0.3) is 0 Å². The second kappa shape index (κ2) is 6.79. The fraction of sp³-hybridized carbons (Fsp3) is 0.312.